The Morgan fingerprint density at radius 2 is 1.62 bits per heavy atom. The van der Waals surface area contributed by atoms with Gasteiger partial charge in [0, 0.05) is 17.5 Å². The molecule has 1 spiro atoms. The highest BCUT2D eigenvalue weighted by atomic mass is 35.5. The van der Waals surface area contributed by atoms with Gasteiger partial charge in [-0.1, -0.05) is 48.0 Å². The van der Waals surface area contributed by atoms with E-state index in [0.29, 0.717) is 11.3 Å². The van der Waals surface area contributed by atoms with E-state index in [2.05, 4.69) is 41.7 Å². The monoisotopic (exact) mass is 297 g/mol. The largest absolute Gasteiger partial charge is 0.316 e. The van der Waals surface area contributed by atoms with Crippen molar-refractivity contribution in [2.24, 2.45) is 5.41 Å². The highest BCUT2D eigenvalue weighted by molar-refractivity contribution is 6.30. The van der Waals surface area contributed by atoms with Crippen LogP contribution in [-0.4, -0.2) is 13.1 Å². The summed E-state index contributed by atoms with van der Waals surface area (Å²) in [6, 6.07) is 17.5. The van der Waals surface area contributed by atoms with Gasteiger partial charge in [0.05, 0.1) is 0 Å². The normalized spacial score (nSPS) is 23.2. The lowest BCUT2D eigenvalue weighted by molar-refractivity contribution is 0.175. The second-order valence-electron chi connectivity index (χ2n) is 6.54. The van der Waals surface area contributed by atoms with Crippen molar-refractivity contribution in [1.29, 1.82) is 0 Å². The first-order valence-electron chi connectivity index (χ1n) is 7.80. The Morgan fingerprint density at radius 3 is 2.29 bits per heavy atom. The average molecular weight is 298 g/mol. The van der Waals surface area contributed by atoms with Crippen molar-refractivity contribution >= 4 is 11.6 Å². The van der Waals surface area contributed by atoms with Gasteiger partial charge in [0.15, 0.2) is 0 Å². The van der Waals surface area contributed by atoms with Crippen LogP contribution in [-0.2, 0) is 12.8 Å². The van der Waals surface area contributed by atoms with Crippen LogP contribution in [0.25, 0.3) is 0 Å². The Balaban J connectivity index is 1.71. The molecule has 2 heteroatoms. The van der Waals surface area contributed by atoms with E-state index in [-0.39, 0.29) is 0 Å². The number of fused-ring (bicyclic) bond motifs is 1. The highest BCUT2D eigenvalue weighted by Crippen LogP contribution is 2.50. The molecule has 0 radical (unpaired) electrons. The van der Waals surface area contributed by atoms with Gasteiger partial charge in [-0.3, -0.25) is 0 Å². The predicted molar refractivity (Wildman–Crippen MR) is 88.0 cm³/mol. The molecule has 0 amide bonds. The lowest BCUT2D eigenvalue weighted by Gasteiger charge is -2.42. The third-order valence-electron chi connectivity index (χ3n) is 5.36. The van der Waals surface area contributed by atoms with E-state index in [9.17, 15) is 0 Å². The maximum absolute atomic E-state index is 6.06. The van der Waals surface area contributed by atoms with Gasteiger partial charge >= 0.3 is 0 Å². The second kappa shape index (κ2) is 5.15. The molecular weight excluding hydrogens is 278 g/mol. The van der Waals surface area contributed by atoms with Crippen molar-refractivity contribution in [3.8, 4) is 0 Å². The molecule has 2 aliphatic rings. The van der Waals surface area contributed by atoms with E-state index in [1.807, 2.05) is 12.1 Å². The van der Waals surface area contributed by atoms with Crippen LogP contribution in [0.2, 0.25) is 5.02 Å². The van der Waals surface area contributed by atoms with Crippen molar-refractivity contribution < 1.29 is 0 Å². The van der Waals surface area contributed by atoms with E-state index in [0.717, 1.165) is 18.1 Å². The molecule has 1 fully saturated rings. The molecular formula is C19H20ClN. The maximum atomic E-state index is 6.06. The van der Waals surface area contributed by atoms with Crippen molar-refractivity contribution in [3.63, 3.8) is 0 Å². The lowest BCUT2D eigenvalue weighted by atomic mass is 9.66. The number of nitrogens with one attached hydrogen (secondary N) is 1. The SMILES string of the molecule is Clc1ccc(C2CNCCC23Cc2ccccc2C3)cc1. The maximum Gasteiger partial charge on any atom is 0.0406 e. The van der Waals surface area contributed by atoms with Crippen LogP contribution in [0.1, 0.15) is 29.0 Å². The van der Waals surface area contributed by atoms with E-state index in [4.69, 9.17) is 11.6 Å². The quantitative estimate of drug-likeness (QED) is 0.832. The number of halogens is 1. The molecule has 1 nitrogen and oxygen atoms in total. The lowest BCUT2D eigenvalue weighted by Crippen LogP contribution is -2.44. The van der Waals surface area contributed by atoms with Crippen molar-refractivity contribution in [2.75, 3.05) is 13.1 Å². The summed E-state index contributed by atoms with van der Waals surface area (Å²) in [7, 11) is 0. The minimum absolute atomic E-state index is 0.392. The topological polar surface area (TPSA) is 12.0 Å². The van der Waals surface area contributed by atoms with E-state index in [1.165, 1.54) is 24.8 Å². The van der Waals surface area contributed by atoms with Crippen LogP contribution in [0.3, 0.4) is 0 Å². The van der Waals surface area contributed by atoms with Gasteiger partial charge in [-0.25, -0.2) is 0 Å². The van der Waals surface area contributed by atoms with Gasteiger partial charge in [0.2, 0.25) is 0 Å². The minimum atomic E-state index is 0.392. The molecule has 0 aromatic heterocycles. The molecule has 1 saturated heterocycles. The molecule has 2 aromatic carbocycles. The zero-order chi connectivity index (χ0) is 14.3. The molecule has 108 valence electrons. The van der Waals surface area contributed by atoms with Gasteiger partial charge in [0.1, 0.15) is 0 Å². The van der Waals surface area contributed by atoms with Crippen LogP contribution in [0.5, 0.6) is 0 Å². The molecule has 1 unspecified atom stereocenters. The number of hydrogen-bond acceptors (Lipinski definition) is 1. The fourth-order valence-electron chi connectivity index (χ4n) is 4.29. The Labute approximate surface area is 131 Å². The summed E-state index contributed by atoms with van der Waals surface area (Å²) >= 11 is 6.06. The molecule has 21 heavy (non-hydrogen) atoms. The van der Waals surface area contributed by atoms with Crippen LogP contribution in [0.4, 0.5) is 0 Å². The molecule has 2 aromatic rings. The first-order chi connectivity index (χ1) is 10.3. The van der Waals surface area contributed by atoms with Crippen LogP contribution in [0, 0.1) is 5.41 Å². The van der Waals surface area contributed by atoms with E-state index in [1.54, 1.807) is 11.1 Å². The van der Waals surface area contributed by atoms with E-state index < -0.39 is 0 Å². The number of hydrogen-bond donors (Lipinski definition) is 1. The summed E-state index contributed by atoms with van der Waals surface area (Å²) in [5, 5.41) is 4.42. The van der Waals surface area contributed by atoms with Gasteiger partial charge in [-0.05, 0) is 60.0 Å². The van der Waals surface area contributed by atoms with Crippen molar-refractivity contribution in [3.05, 3.63) is 70.2 Å². The molecule has 0 bridgehead atoms. The van der Waals surface area contributed by atoms with Crippen molar-refractivity contribution in [2.45, 2.75) is 25.2 Å². The molecule has 0 saturated carbocycles. The molecule has 1 aliphatic heterocycles. The summed E-state index contributed by atoms with van der Waals surface area (Å²) in [6.45, 7) is 2.22. The molecule has 4 rings (SSSR count). The van der Waals surface area contributed by atoms with Crippen molar-refractivity contribution in [1.82, 2.24) is 5.32 Å². The first-order valence-corrected chi connectivity index (χ1v) is 8.18. The fraction of sp³-hybridized carbons (Fsp3) is 0.368. The minimum Gasteiger partial charge on any atom is -0.316 e. The summed E-state index contributed by atoms with van der Waals surface area (Å²) in [5.41, 5.74) is 4.93. The molecule has 1 heterocycles. The summed E-state index contributed by atoms with van der Waals surface area (Å²) < 4.78 is 0. The van der Waals surface area contributed by atoms with Crippen LogP contribution < -0.4 is 5.32 Å². The Hall–Kier alpha value is -1.31. The number of rotatable bonds is 1. The number of piperidine rings is 1. The third-order valence-corrected chi connectivity index (χ3v) is 5.62. The zero-order valence-corrected chi connectivity index (χ0v) is 12.9. The van der Waals surface area contributed by atoms with E-state index >= 15 is 0 Å². The fourth-order valence-corrected chi connectivity index (χ4v) is 4.41. The summed E-state index contributed by atoms with van der Waals surface area (Å²) in [6.07, 6.45) is 3.70. The standard InChI is InChI=1S/C19H20ClN/c20-17-7-5-14(6-8-17)18-13-21-10-9-19(18)11-15-3-1-2-4-16(15)12-19/h1-8,18,21H,9-13H2. The Morgan fingerprint density at radius 1 is 0.952 bits per heavy atom. The number of benzene rings is 2. The average Bonchev–Trinajstić information content (AvgIpc) is 2.87. The smallest absolute Gasteiger partial charge is 0.0406 e. The zero-order valence-electron chi connectivity index (χ0n) is 12.1. The predicted octanol–water partition coefficient (Wildman–Crippen LogP) is 4.20. The molecule has 1 atom stereocenters. The Kier molecular flexibility index (Phi) is 3.28. The van der Waals surface area contributed by atoms with Gasteiger partial charge in [-0.15, -0.1) is 0 Å². The van der Waals surface area contributed by atoms with Gasteiger partial charge < -0.3 is 5.32 Å². The summed E-state index contributed by atoms with van der Waals surface area (Å²) in [5.74, 6) is 0.580. The van der Waals surface area contributed by atoms with Gasteiger partial charge in [0.25, 0.3) is 0 Å². The molecule has 1 aliphatic carbocycles. The Bertz CT molecular complexity index is 622. The van der Waals surface area contributed by atoms with Crippen LogP contribution >= 0.6 is 11.6 Å². The van der Waals surface area contributed by atoms with Crippen LogP contribution in [0.15, 0.2) is 48.5 Å². The molecule has 1 N–H and O–H groups in total. The first kappa shape index (κ1) is 13.4. The van der Waals surface area contributed by atoms with Gasteiger partial charge in [-0.2, -0.15) is 0 Å². The summed E-state index contributed by atoms with van der Waals surface area (Å²) in [4.78, 5) is 0. The third kappa shape index (κ3) is 2.29. The second-order valence-corrected chi connectivity index (χ2v) is 6.98. The highest BCUT2D eigenvalue weighted by Gasteiger charge is 2.45.